The number of methoxy groups -OCH3 is 1. The monoisotopic (exact) mass is 429 g/mol. The first-order chi connectivity index (χ1) is 12.9. The first-order valence-corrected chi connectivity index (χ1v) is 8.61. The zero-order chi connectivity index (χ0) is 19.3. The third-order valence-electron chi connectivity index (χ3n) is 4.28. The molecule has 0 unspecified atom stereocenters. The summed E-state index contributed by atoms with van der Waals surface area (Å²) >= 11 is 3.34. The van der Waals surface area contributed by atoms with Gasteiger partial charge in [0, 0.05) is 4.47 Å². The minimum atomic E-state index is -0.714. The molecule has 2 amide bonds. The van der Waals surface area contributed by atoms with Gasteiger partial charge in [-0.15, -0.1) is 0 Å². The van der Waals surface area contributed by atoms with Crippen LogP contribution in [-0.2, 0) is 6.54 Å². The number of rotatable bonds is 3. The van der Waals surface area contributed by atoms with Gasteiger partial charge in [0.15, 0.2) is 11.5 Å². The molecule has 2 N–H and O–H groups in total. The van der Waals surface area contributed by atoms with Crippen molar-refractivity contribution in [3.63, 3.8) is 0 Å². The summed E-state index contributed by atoms with van der Waals surface area (Å²) in [6, 6.07) is 7.13. The second kappa shape index (κ2) is 6.20. The Hall–Kier alpha value is -3.20. The summed E-state index contributed by atoms with van der Waals surface area (Å²) in [6.07, 6.45) is 1.24. The van der Waals surface area contributed by atoms with Gasteiger partial charge in [-0.05, 0) is 17.7 Å². The number of phenols is 2. The van der Waals surface area contributed by atoms with Gasteiger partial charge in [0.1, 0.15) is 22.2 Å². The van der Waals surface area contributed by atoms with Gasteiger partial charge in [0.2, 0.25) is 5.88 Å². The van der Waals surface area contributed by atoms with Crippen molar-refractivity contribution < 1.29 is 24.5 Å². The number of hydrogen-bond donors (Lipinski definition) is 2. The quantitative estimate of drug-likeness (QED) is 0.485. The predicted octanol–water partition coefficient (Wildman–Crippen LogP) is 2.61. The smallest absolute Gasteiger partial charge is 0.265 e. The van der Waals surface area contributed by atoms with E-state index in [1.165, 1.54) is 13.3 Å². The Morgan fingerprint density at radius 3 is 2.41 bits per heavy atom. The van der Waals surface area contributed by atoms with Crippen LogP contribution in [0.15, 0.2) is 34.9 Å². The van der Waals surface area contributed by atoms with Gasteiger partial charge in [-0.1, -0.05) is 28.1 Å². The van der Waals surface area contributed by atoms with Gasteiger partial charge in [-0.2, -0.15) is 0 Å². The molecule has 4 rings (SSSR count). The second-order valence-corrected chi connectivity index (χ2v) is 6.80. The minimum absolute atomic E-state index is 0.00874. The number of halogens is 1. The van der Waals surface area contributed by atoms with Crippen LogP contribution in [0.4, 0.5) is 0 Å². The highest BCUT2D eigenvalue weighted by atomic mass is 79.9. The van der Waals surface area contributed by atoms with Crippen molar-refractivity contribution in [1.82, 2.24) is 14.9 Å². The number of aromatic hydroxyl groups is 2. The van der Waals surface area contributed by atoms with Crippen LogP contribution in [-0.4, -0.2) is 44.0 Å². The normalized spacial score (nSPS) is 13.3. The molecule has 0 saturated heterocycles. The molecule has 1 aliphatic rings. The summed E-state index contributed by atoms with van der Waals surface area (Å²) in [7, 11) is 1.37. The molecule has 8 nitrogen and oxygen atoms in total. The molecule has 27 heavy (non-hydrogen) atoms. The zero-order valence-corrected chi connectivity index (χ0v) is 15.5. The number of ether oxygens (including phenoxy) is 1. The number of nitrogens with zero attached hydrogens (tertiary/aromatic N) is 3. The van der Waals surface area contributed by atoms with E-state index in [0.29, 0.717) is 5.56 Å². The molecule has 0 saturated carbocycles. The first kappa shape index (κ1) is 17.2. The van der Waals surface area contributed by atoms with Crippen LogP contribution in [0.5, 0.6) is 17.4 Å². The van der Waals surface area contributed by atoms with Crippen molar-refractivity contribution in [2.75, 3.05) is 7.11 Å². The molecule has 1 aromatic heterocycles. The lowest BCUT2D eigenvalue weighted by molar-refractivity contribution is 0.0641. The lowest BCUT2D eigenvalue weighted by Gasteiger charge is -2.13. The van der Waals surface area contributed by atoms with Crippen LogP contribution in [0.25, 0.3) is 11.0 Å². The fourth-order valence-corrected chi connectivity index (χ4v) is 3.47. The lowest BCUT2D eigenvalue weighted by Crippen LogP contribution is -2.29. The predicted molar refractivity (Wildman–Crippen MR) is 97.8 cm³/mol. The molecule has 2 heterocycles. The van der Waals surface area contributed by atoms with Gasteiger partial charge < -0.3 is 14.9 Å². The molecule has 2 aromatic carbocycles. The van der Waals surface area contributed by atoms with E-state index in [4.69, 9.17) is 4.74 Å². The van der Waals surface area contributed by atoms with Crippen molar-refractivity contribution in [2.45, 2.75) is 6.54 Å². The van der Waals surface area contributed by atoms with Crippen molar-refractivity contribution in [2.24, 2.45) is 0 Å². The number of fused-ring (bicyclic) bond motifs is 2. The Morgan fingerprint density at radius 2 is 1.78 bits per heavy atom. The maximum atomic E-state index is 12.8. The number of benzene rings is 2. The third kappa shape index (κ3) is 2.58. The van der Waals surface area contributed by atoms with E-state index in [0.717, 1.165) is 9.37 Å². The minimum Gasteiger partial charge on any atom is -0.505 e. The van der Waals surface area contributed by atoms with Crippen molar-refractivity contribution in [3.05, 3.63) is 51.6 Å². The number of hydrogen-bond acceptors (Lipinski definition) is 7. The van der Waals surface area contributed by atoms with Gasteiger partial charge in [-0.25, -0.2) is 9.97 Å². The molecular formula is C18H12BrN3O5. The highest BCUT2D eigenvalue weighted by molar-refractivity contribution is 9.10. The lowest BCUT2D eigenvalue weighted by atomic mass is 10.1. The second-order valence-electron chi connectivity index (χ2n) is 5.88. The highest BCUT2D eigenvalue weighted by Crippen LogP contribution is 2.43. The van der Waals surface area contributed by atoms with Crippen molar-refractivity contribution in [3.8, 4) is 17.4 Å². The van der Waals surface area contributed by atoms with Crippen LogP contribution in [0.1, 0.15) is 26.3 Å². The fourth-order valence-electron chi connectivity index (χ4n) is 3.02. The Morgan fingerprint density at radius 1 is 1.11 bits per heavy atom. The van der Waals surface area contributed by atoms with E-state index in [9.17, 15) is 19.8 Å². The summed E-state index contributed by atoms with van der Waals surface area (Å²) < 4.78 is 5.76. The molecule has 0 bridgehead atoms. The molecule has 9 heteroatoms. The number of phenolic OH excluding ortho intramolecular Hbond substituents is 2. The molecule has 1 aliphatic heterocycles. The number of carbonyl (C=O) groups is 2. The topological polar surface area (TPSA) is 113 Å². The maximum absolute atomic E-state index is 12.8. The Bertz CT molecular complexity index is 1130. The van der Waals surface area contributed by atoms with Crippen molar-refractivity contribution in [1.29, 1.82) is 0 Å². The van der Waals surface area contributed by atoms with Crippen LogP contribution in [0.2, 0.25) is 0 Å². The van der Waals surface area contributed by atoms with Gasteiger partial charge >= 0.3 is 0 Å². The van der Waals surface area contributed by atoms with Crippen LogP contribution >= 0.6 is 15.9 Å². The third-order valence-corrected chi connectivity index (χ3v) is 4.77. The summed E-state index contributed by atoms with van der Waals surface area (Å²) in [5.41, 5.74) is -0.0593. The maximum Gasteiger partial charge on any atom is 0.265 e. The summed E-state index contributed by atoms with van der Waals surface area (Å²) in [5, 5.41) is 21.1. The average molecular weight is 430 g/mol. The zero-order valence-electron chi connectivity index (χ0n) is 13.9. The standard InChI is InChI=1S/C18H12BrN3O5/c1-27-10-6-20-13-14(21-10)16(24)12-11(15(13)23)17(25)22(18(12)26)7-8-3-2-4-9(19)5-8/h2-6,23-24H,7H2,1H3. The molecule has 0 fully saturated rings. The molecule has 0 spiro atoms. The van der Waals surface area contributed by atoms with Gasteiger partial charge in [-0.3, -0.25) is 14.5 Å². The molecule has 0 radical (unpaired) electrons. The Labute approximate surface area is 161 Å². The van der Waals surface area contributed by atoms with Crippen LogP contribution < -0.4 is 4.74 Å². The molecular weight excluding hydrogens is 418 g/mol. The van der Waals surface area contributed by atoms with E-state index in [-0.39, 0.29) is 34.6 Å². The largest absolute Gasteiger partial charge is 0.505 e. The summed E-state index contributed by atoms with van der Waals surface area (Å²) in [5.74, 6) is -2.33. The van der Waals surface area contributed by atoms with E-state index in [1.54, 1.807) is 18.2 Å². The molecule has 3 aromatic rings. The Balaban J connectivity index is 1.86. The Kier molecular flexibility index (Phi) is 3.96. The number of carbonyl (C=O) groups excluding carboxylic acids is 2. The number of amides is 2. The molecule has 0 atom stereocenters. The number of aromatic nitrogens is 2. The number of imide groups is 1. The molecule has 136 valence electrons. The van der Waals surface area contributed by atoms with E-state index in [1.807, 2.05) is 6.07 Å². The fraction of sp³-hybridized carbons (Fsp3) is 0.111. The average Bonchev–Trinajstić information content (AvgIpc) is 2.91. The first-order valence-electron chi connectivity index (χ1n) is 7.81. The highest BCUT2D eigenvalue weighted by Gasteiger charge is 2.42. The molecule has 0 aliphatic carbocycles. The van der Waals surface area contributed by atoms with Gasteiger partial charge in [0.25, 0.3) is 11.8 Å². The van der Waals surface area contributed by atoms with E-state index >= 15 is 0 Å². The van der Waals surface area contributed by atoms with Crippen molar-refractivity contribution >= 4 is 38.8 Å². The van der Waals surface area contributed by atoms with Crippen LogP contribution in [0, 0.1) is 0 Å². The van der Waals surface area contributed by atoms with E-state index < -0.39 is 23.3 Å². The van der Waals surface area contributed by atoms with Crippen LogP contribution in [0.3, 0.4) is 0 Å². The summed E-state index contributed by atoms with van der Waals surface area (Å²) in [6.45, 7) is -0.00874. The summed E-state index contributed by atoms with van der Waals surface area (Å²) in [4.78, 5) is 34.6. The SMILES string of the molecule is COc1cnc2c(O)c3c(c(O)c2n1)C(=O)N(Cc1cccc(Br)c1)C3=O. The van der Waals surface area contributed by atoms with Gasteiger partial charge in [0.05, 0.1) is 19.9 Å². The van der Waals surface area contributed by atoms with E-state index in [2.05, 4.69) is 25.9 Å².